The molecule has 0 aromatic carbocycles. The van der Waals surface area contributed by atoms with Gasteiger partial charge in [0.05, 0.1) is 23.6 Å². The van der Waals surface area contributed by atoms with Gasteiger partial charge in [-0.15, -0.1) is 0 Å². The van der Waals surface area contributed by atoms with Crippen molar-refractivity contribution in [2.45, 2.75) is 32.2 Å². The van der Waals surface area contributed by atoms with Crippen LogP contribution in [0.1, 0.15) is 47.2 Å². The van der Waals surface area contributed by atoms with Gasteiger partial charge in [0.2, 0.25) is 0 Å². The molecule has 20 heavy (non-hydrogen) atoms. The Morgan fingerprint density at radius 2 is 2.25 bits per heavy atom. The fourth-order valence-electron chi connectivity index (χ4n) is 2.60. The van der Waals surface area contributed by atoms with Gasteiger partial charge in [-0.05, 0) is 32.3 Å². The van der Waals surface area contributed by atoms with Gasteiger partial charge in [0, 0.05) is 18.9 Å². The fraction of sp³-hybridized carbons (Fsp3) is 0.429. The Morgan fingerprint density at radius 1 is 1.35 bits per heavy atom. The van der Waals surface area contributed by atoms with Gasteiger partial charge >= 0.3 is 0 Å². The molecule has 1 atom stereocenters. The minimum atomic E-state index is -0.0585. The number of aryl methyl sites for hydroxylation is 1. The van der Waals surface area contributed by atoms with Crippen molar-refractivity contribution in [2.75, 3.05) is 6.54 Å². The number of nitrogens with zero attached hydrogens (tertiary/aromatic N) is 4. The van der Waals surface area contributed by atoms with Crippen LogP contribution >= 0.6 is 0 Å². The topological polar surface area (TPSA) is 74.8 Å². The molecule has 0 saturated carbocycles. The first-order valence-electron chi connectivity index (χ1n) is 6.84. The summed E-state index contributed by atoms with van der Waals surface area (Å²) in [7, 11) is 0. The van der Waals surface area contributed by atoms with Crippen LogP contribution in [0.4, 0.5) is 0 Å². The van der Waals surface area contributed by atoms with Gasteiger partial charge < -0.3 is 4.90 Å². The molecule has 1 saturated heterocycles. The number of nitrogens with one attached hydrogen (secondary N) is 1. The van der Waals surface area contributed by atoms with E-state index in [9.17, 15) is 4.79 Å². The molecule has 2 aromatic heterocycles. The van der Waals surface area contributed by atoms with Gasteiger partial charge in [-0.25, -0.2) is 4.98 Å². The lowest BCUT2D eigenvalue weighted by Gasteiger charge is -2.34. The number of rotatable bonds is 2. The first-order valence-corrected chi connectivity index (χ1v) is 6.84. The van der Waals surface area contributed by atoms with E-state index in [4.69, 9.17) is 0 Å². The zero-order valence-corrected chi connectivity index (χ0v) is 11.4. The molecule has 3 heterocycles. The number of piperidine rings is 1. The second-order valence-corrected chi connectivity index (χ2v) is 5.07. The van der Waals surface area contributed by atoms with Crippen LogP contribution in [0.15, 0.2) is 24.7 Å². The predicted octanol–water partition coefficient (Wildman–Crippen LogP) is 1.88. The van der Waals surface area contributed by atoms with Crippen molar-refractivity contribution < 1.29 is 4.79 Å². The van der Waals surface area contributed by atoms with Crippen LogP contribution in [-0.4, -0.2) is 37.5 Å². The quantitative estimate of drug-likeness (QED) is 0.904. The smallest absolute Gasteiger partial charge is 0.274 e. The molecule has 1 N–H and O–H groups in total. The second-order valence-electron chi connectivity index (χ2n) is 5.07. The van der Waals surface area contributed by atoms with Gasteiger partial charge in [-0.3, -0.25) is 14.9 Å². The Morgan fingerprint density at radius 3 is 2.95 bits per heavy atom. The molecule has 6 nitrogen and oxygen atoms in total. The van der Waals surface area contributed by atoms with Crippen LogP contribution < -0.4 is 0 Å². The molecular weight excluding hydrogens is 254 g/mol. The second kappa shape index (κ2) is 5.40. The van der Waals surface area contributed by atoms with Crippen molar-refractivity contribution in [3.63, 3.8) is 0 Å². The number of likely N-dealkylation sites (tertiary alicyclic amines) is 1. The van der Waals surface area contributed by atoms with E-state index in [0.29, 0.717) is 5.69 Å². The molecule has 1 aliphatic rings. The molecule has 3 rings (SSSR count). The van der Waals surface area contributed by atoms with E-state index >= 15 is 0 Å². The van der Waals surface area contributed by atoms with Crippen molar-refractivity contribution >= 4 is 5.91 Å². The molecule has 0 bridgehead atoms. The molecule has 1 fully saturated rings. The fourth-order valence-corrected chi connectivity index (χ4v) is 2.60. The monoisotopic (exact) mass is 271 g/mol. The molecule has 0 radical (unpaired) electrons. The summed E-state index contributed by atoms with van der Waals surface area (Å²) in [6, 6.07) is 1.98. The molecule has 1 aliphatic heterocycles. The van der Waals surface area contributed by atoms with E-state index in [1.807, 2.05) is 17.9 Å². The average Bonchev–Trinajstić information content (AvgIpc) is 3.01. The standard InChI is InChI=1S/C14H17N5O/c1-10-8-16-12(9-15-10)14(20)19-7-3-2-4-13(19)11-5-6-17-18-11/h5-6,8-9,13H,2-4,7H2,1H3,(H,17,18)/t13-/m1/s1. The molecule has 0 unspecified atom stereocenters. The van der Waals surface area contributed by atoms with Gasteiger partial charge in [0.25, 0.3) is 5.91 Å². The molecule has 0 aliphatic carbocycles. The van der Waals surface area contributed by atoms with Gasteiger partial charge in [0.1, 0.15) is 5.69 Å². The largest absolute Gasteiger partial charge is 0.329 e. The molecule has 2 aromatic rings. The van der Waals surface area contributed by atoms with Crippen molar-refractivity contribution in [3.05, 3.63) is 41.7 Å². The van der Waals surface area contributed by atoms with Crippen LogP contribution in [-0.2, 0) is 0 Å². The number of aromatic amines is 1. The normalized spacial score (nSPS) is 19.1. The number of aromatic nitrogens is 4. The SMILES string of the molecule is Cc1cnc(C(=O)N2CCCC[C@@H]2c2ccn[nH]2)cn1. The lowest BCUT2D eigenvalue weighted by Crippen LogP contribution is -2.39. The Balaban J connectivity index is 1.86. The Kier molecular flexibility index (Phi) is 3.45. The van der Waals surface area contributed by atoms with Gasteiger partial charge in [-0.1, -0.05) is 0 Å². The Hall–Kier alpha value is -2.24. The molecule has 6 heteroatoms. The van der Waals surface area contributed by atoms with Crippen LogP contribution in [0.2, 0.25) is 0 Å². The van der Waals surface area contributed by atoms with E-state index in [1.165, 1.54) is 0 Å². The van der Waals surface area contributed by atoms with Crippen molar-refractivity contribution in [2.24, 2.45) is 0 Å². The summed E-state index contributed by atoms with van der Waals surface area (Å²) in [5.74, 6) is -0.0585. The molecule has 1 amide bonds. The average molecular weight is 271 g/mol. The van der Waals surface area contributed by atoms with E-state index in [0.717, 1.165) is 37.2 Å². The highest BCUT2D eigenvalue weighted by molar-refractivity contribution is 5.92. The van der Waals surface area contributed by atoms with Crippen molar-refractivity contribution in [1.82, 2.24) is 25.1 Å². The number of carbonyl (C=O) groups is 1. The number of hydrogen-bond acceptors (Lipinski definition) is 4. The van der Waals surface area contributed by atoms with E-state index in [1.54, 1.807) is 18.6 Å². The minimum Gasteiger partial charge on any atom is -0.329 e. The highest BCUT2D eigenvalue weighted by atomic mass is 16.2. The maximum Gasteiger partial charge on any atom is 0.274 e. The number of carbonyl (C=O) groups excluding carboxylic acids is 1. The third-order valence-corrected chi connectivity index (χ3v) is 3.64. The Labute approximate surface area is 117 Å². The number of amides is 1. The maximum absolute atomic E-state index is 12.6. The molecule has 0 spiro atoms. The highest BCUT2D eigenvalue weighted by Gasteiger charge is 2.30. The summed E-state index contributed by atoms with van der Waals surface area (Å²) in [6.45, 7) is 2.60. The zero-order valence-electron chi connectivity index (χ0n) is 11.4. The highest BCUT2D eigenvalue weighted by Crippen LogP contribution is 2.30. The van der Waals surface area contributed by atoms with Crippen LogP contribution in [0.25, 0.3) is 0 Å². The lowest BCUT2D eigenvalue weighted by atomic mass is 9.99. The van der Waals surface area contributed by atoms with Crippen LogP contribution in [0.5, 0.6) is 0 Å². The first-order chi connectivity index (χ1) is 9.75. The molecular formula is C14H17N5O. The summed E-state index contributed by atoms with van der Waals surface area (Å²) < 4.78 is 0. The first kappa shape index (κ1) is 12.8. The Bertz CT molecular complexity index is 578. The lowest BCUT2D eigenvalue weighted by molar-refractivity contribution is 0.0599. The summed E-state index contributed by atoms with van der Waals surface area (Å²) in [5.41, 5.74) is 2.20. The summed E-state index contributed by atoms with van der Waals surface area (Å²) in [5, 5.41) is 6.96. The minimum absolute atomic E-state index is 0.0573. The van der Waals surface area contributed by atoms with Crippen LogP contribution in [0, 0.1) is 6.92 Å². The van der Waals surface area contributed by atoms with Gasteiger partial charge in [-0.2, -0.15) is 5.10 Å². The predicted molar refractivity (Wildman–Crippen MR) is 73.0 cm³/mol. The van der Waals surface area contributed by atoms with Crippen LogP contribution in [0.3, 0.4) is 0 Å². The van der Waals surface area contributed by atoms with E-state index < -0.39 is 0 Å². The number of H-pyrrole nitrogens is 1. The summed E-state index contributed by atoms with van der Waals surface area (Å²) in [4.78, 5) is 22.8. The molecule has 104 valence electrons. The summed E-state index contributed by atoms with van der Waals surface area (Å²) in [6.07, 6.45) is 7.99. The maximum atomic E-state index is 12.6. The van der Waals surface area contributed by atoms with Gasteiger partial charge in [0.15, 0.2) is 0 Å². The third kappa shape index (κ3) is 2.41. The van der Waals surface area contributed by atoms with Crippen molar-refractivity contribution in [1.29, 1.82) is 0 Å². The third-order valence-electron chi connectivity index (χ3n) is 3.64. The number of hydrogen-bond donors (Lipinski definition) is 1. The van der Waals surface area contributed by atoms with E-state index in [-0.39, 0.29) is 11.9 Å². The zero-order chi connectivity index (χ0) is 13.9. The van der Waals surface area contributed by atoms with Crippen molar-refractivity contribution in [3.8, 4) is 0 Å². The summed E-state index contributed by atoms with van der Waals surface area (Å²) >= 11 is 0. The van der Waals surface area contributed by atoms with E-state index in [2.05, 4.69) is 20.2 Å².